The van der Waals surface area contributed by atoms with E-state index >= 15 is 0 Å². The van der Waals surface area contributed by atoms with Crippen LogP contribution in [0.15, 0.2) is 77.8 Å². The monoisotopic (exact) mass is 718 g/mol. The van der Waals surface area contributed by atoms with E-state index in [2.05, 4.69) is 34.8 Å². The van der Waals surface area contributed by atoms with E-state index in [0.29, 0.717) is 25.3 Å². The second kappa shape index (κ2) is 18.6. The molecule has 0 spiro atoms. The molecule has 1 aliphatic carbocycles. The Morgan fingerprint density at radius 1 is 0.980 bits per heavy atom. The van der Waals surface area contributed by atoms with Crippen LogP contribution < -0.4 is 16.0 Å². The van der Waals surface area contributed by atoms with Crippen molar-refractivity contribution in [2.75, 3.05) is 6.54 Å². The van der Waals surface area contributed by atoms with Gasteiger partial charge in [0.25, 0.3) is 0 Å². The van der Waals surface area contributed by atoms with Gasteiger partial charge in [0.05, 0.1) is 39.8 Å². The maximum Gasteiger partial charge on any atom is 0.407 e. The number of urea groups is 1. The van der Waals surface area contributed by atoms with Crippen LogP contribution in [0.4, 0.5) is 9.59 Å². The molecule has 1 saturated carbocycles. The molecule has 4 amide bonds. The molecule has 0 saturated heterocycles. The van der Waals surface area contributed by atoms with E-state index in [4.69, 9.17) is 9.72 Å². The summed E-state index contributed by atoms with van der Waals surface area (Å²) in [7, 11) is 0. The van der Waals surface area contributed by atoms with Gasteiger partial charge in [-0.15, -0.1) is 22.7 Å². The Balaban J connectivity index is 1.18. The minimum absolute atomic E-state index is 0.0788. The maximum absolute atomic E-state index is 13.3. The molecule has 50 heavy (non-hydrogen) atoms. The summed E-state index contributed by atoms with van der Waals surface area (Å²) in [5.74, 6) is 0.0957. The molecule has 5 rings (SSSR count). The molecule has 11 nitrogen and oxygen atoms in total. The van der Waals surface area contributed by atoms with Crippen LogP contribution in [0.2, 0.25) is 0 Å². The van der Waals surface area contributed by atoms with Crippen LogP contribution in [0.1, 0.15) is 72.2 Å². The number of rotatable bonds is 18. The van der Waals surface area contributed by atoms with Crippen LogP contribution in [-0.2, 0) is 35.5 Å². The number of hydrogen-bond acceptors (Lipinski definition) is 9. The molecular formula is C37H46N6O5S2. The van der Waals surface area contributed by atoms with Gasteiger partial charge < -0.3 is 30.7 Å². The molecule has 2 heterocycles. The smallest absolute Gasteiger partial charge is 0.407 e. The molecular weight excluding hydrogens is 673 g/mol. The number of aliphatic hydroxyl groups is 1. The van der Waals surface area contributed by atoms with Gasteiger partial charge in [-0.25, -0.2) is 14.6 Å². The number of carbonyl (C=O) groups is 3. The summed E-state index contributed by atoms with van der Waals surface area (Å²) in [5, 5.41) is 23.5. The average Bonchev–Trinajstić information content (AvgIpc) is 3.58. The van der Waals surface area contributed by atoms with E-state index in [-0.39, 0.29) is 44.0 Å². The summed E-state index contributed by atoms with van der Waals surface area (Å²) >= 11 is 3.00. The molecule has 3 atom stereocenters. The molecule has 2 aromatic carbocycles. The third kappa shape index (κ3) is 11.9. The lowest BCUT2D eigenvalue weighted by Gasteiger charge is -2.28. The molecule has 266 valence electrons. The quantitative estimate of drug-likeness (QED) is 0.102. The van der Waals surface area contributed by atoms with Gasteiger partial charge >= 0.3 is 12.1 Å². The fourth-order valence-corrected chi connectivity index (χ4v) is 6.95. The van der Waals surface area contributed by atoms with Crippen molar-refractivity contribution in [1.82, 2.24) is 30.8 Å². The zero-order valence-electron chi connectivity index (χ0n) is 28.5. The van der Waals surface area contributed by atoms with E-state index in [9.17, 15) is 19.5 Å². The highest BCUT2D eigenvalue weighted by atomic mass is 32.1. The Bertz CT molecular complexity index is 1630. The Labute approximate surface area is 301 Å². The Morgan fingerprint density at radius 3 is 2.30 bits per heavy atom. The SMILES string of the molecule is CC(C)c1nc(CN(C(=O)NCCC(=O)N[C@@H](Cc2ccccc2)C[C@H](O)[C@H](Cc2ccccc2)NC(=O)OCc2cncs2)C2CC2)cs1. The summed E-state index contributed by atoms with van der Waals surface area (Å²) in [6.07, 6.45) is 3.02. The lowest BCUT2D eigenvalue weighted by molar-refractivity contribution is -0.121. The standard InChI is InChI=1S/C37H46N6O5S2/c1-25(2)35-41-29(23-49-35)21-43(30-13-14-30)36(46)39-16-15-34(45)40-28(17-26-9-5-3-6-10-26)19-33(44)32(18-27-11-7-4-8-12-27)42-37(47)48-22-31-20-38-24-50-31/h3-12,20,23-25,28,30,32-33,44H,13-19,21-22H2,1-2H3,(H,39,46)(H,40,45)(H,42,47)/t28-,32-,33-/m0/s1. The minimum Gasteiger partial charge on any atom is -0.444 e. The number of nitrogens with zero attached hydrogens (tertiary/aromatic N) is 3. The summed E-state index contributed by atoms with van der Waals surface area (Å²) in [6.45, 7) is 4.91. The highest BCUT2D eigenvalue weighted by Crippen LogP contribution is 2.29. The number of ether oxygens (including phenoxy) is 1. The zero-order chi connectivity index (χ0) is 35.3. The molecule has 1 aliphatic rings. The van der Waals surface area contributed by atoms with Gasteiger partial charge in [0.1, 0.15) is 6.61 Å². The molecule has 4 aromatic rings. The molecule has 4 N–H and O–H groups in total. The summed E-state index contributed by atoms with van der Waals surface area (Å²) in [4.78, 5) is 50.6. The number of hydrogen-bond donors (Lipinski definition) is 4. The van der Waals surface area contributed by atoms with Crippen LogP contribution in [0.3, 0.4) is 0 Å². The van der Waals surface area contributed by atoms with Gasteiger partial charge in [-0.05, 0) is 43.2 Å². The minimum atomic E-state index is -1.01. The Hall–Kier alpha value is -4.33. The zero-order valence-corrected chi connectivity index (χ0v) is 30.1. The topological polar surface area (TPSA) is 146 Å². The summed E-state index contributed by atoms with van der Waals surface area (Å²) < 4.78 is 5.41. The van der Waals surface area contributed by atoms with E-state index < -0.39 is 24.3 Å². The van der Waals surface area contributed by atoms with Crippen molar-refractivity contribution in [3.63, 3.8) is 0 Å². The molecule has 0 bridgehead atoms. The molecule has 0 unspecified atom stereocenters. The number of carbonyl (C=O) groups excluding carboxylic acids is 3. The van der Waals surface area contributed by atoms with E-state index in [1.165, 1.54) is 11.3 Å². The summed E-state index contributed by atoms with van der Waals surface area (Å²) in [6, 6.07) is 18.2. The first-order valence-electron chi connectivity index (χ1n) is 17.1. The van der Waals surface area contributed by atoms with E-state index in [1.54, 1.807) is 23.0 Å². The van der Waals surface area contributed by atoms with Crippen LogP contribution in [0.5, 0.6) is 0 Å². The number of nitrogens with one attached hydrogen (secondary N) is 3. The number of amides is 4. The van der Waals surface area contributed by atoms with Crippen LogP contribution >= 0.6 is 22.7 Å². The second-order valence-electron chi connectivity index (χ2n) is 12.9. The number of benzene rings is 2. The second-order valence-corrected chi connectivity index (χ2v) is 14.8. The first-order valence-corrected chi connectivity index (χ1v) is 18.8. The first-order chi connectivity index (χ1) is 24.2. The van der Waals surface area contributed by atoms with Crippen molar-refractivity contribution >= 4 is 40.7 Å². The van der Waals surface area contributed by atoms with Crippen molar-refractivity contribution in [2.24, 2.45) is 0 Å². The van der Waals surface area contributed by atoms with Crippen LogP contribution in [0.25, 0.3) is 0 Å². The fraction of sp³-hybridized carbons (Fsp3) is 0.432. The van der Waals surface area contributed by atoms with Crippen molar-refractivity contribution in [1.29, 1.82) is 0 Å². The lowest BCUT2D eigenvalue weighted by atomic mass is 9.93. The predicted octanol–water partition coefficient (Wildman–Crippen LogP) is 5.80. The maximum atomic E-state index is 13.3. The first kappa shape index (κ1) is 36.9. The van der Waals surface area contributed by atoms with Crippen molar-refractivity contribution in [2.45, 2.75) is 95.7 Å². The van der Waals surface area contributed by atoms with Gasteiger partial charge in [0.2, 0.25) is 5.91 Å². The molecule has 13 heteroatoms. The van der Waals surface area contributed by atoms with E-state index in [0.717, 1.165) is 39.5 Å². The summed E-state index contributed by atoms with van der Waals surface area (Å²) in [5.41, 5.74) is 4.49. The van der Waals surface area contributed by atoms with Gasteiger partial charge in [-0.3, -0.25) is 9.78 Å². The highest BCUT2D eigenvalue weighted by molar-refractivity contribution is 7.09. The fourth-order valence-electron chi connectivity index (χ4n) is 5.61. The van der Waals surface area contributed by atoms with E-state index in [1.807, 2.05) is 70.9 Å². The third-order valence-corrected chi connectivity index (χ3v) is 10.3. The van der Waals surface area contributed by atoms with Gasteiger partial charge in [-0.2, -0.15) is 0 Å². The average molecular weight is 719 g/mol. The van der Waals surface area contributed by atoms with Crippen LogP contribution in [0, 0.1) is 0 Å². The molecule has 1 fully saturated rings. The number of aliphatic hydroxyl groups excluding tert-OH is 1. The van der Waals surface area contributed by atoms with Crippen molar-refractivity contribution in [3.8, 4) is 0 Å². The number of aromatic nitrogens is 2. The Morgan fingerprint density at radius 2 is 1.68 bits per heavy atom. The largest absolute Gasteiger partial charge is 0.444 e. The Kier molecular flexibility index (Phi) is 13.7. The van der Waals surface area contributed by atoms with Crippen LogP contribution in [-0.4, -0.2) is 68.8 Å². The normalized spacial score (nSPS) is 14.4. The lowest BCUT2D eigenvalue weighted by Crippen LogP contribution is -2.49. The number of thiazole rings is 2. The van der Waals surface area contributed by atoms with Gasteiger partial charge in [-0.1, -0.05) is 74.5 Å². The van der Waals surface area contributed by atoms with Gasteiger partial charge in [0.15, 0.2) is 0 Å². The predicted molar refractivity (Wildman–Crippen MR) is 195 cm³/mol. The highest BCUT2D eigenvalue weighted by Gasteiger charge is 2.33. The van der Waals surface area contributed by atoms with Gasteiger partial charge in [0, 0.05) is 42.5 Å². The number of alkyl carbamates (subject to hydrolysis) is 1. The molecule has 0 radical (unpaired) electrons. The molecule has 2 aromatic heterocycles. The third-order valence-electron chi connectivity index (χ3n) is 8.38. The van der Waals surface area contributed by atoms with Crippen molar-refractivity contribution < 1.29 is 24.2 Å². The van der Waals surface area contributed by atoms with Crippen molar-refractivity contribution in [3.05, 3.63) is 104 Å². The molecule has 0 aliphatic heterocycles.